The number of rotatable bonds is 7. The van der Waals surface area contributed by atoms with Gasteiger partial charge in [0.25, 0.3) is 0 Å². The van der Waals surface area contributed by atoms with E-state index in [1.807, 2.05) is 23.9 Å². The van der Waals surface area contributed by atoms with Gasteiger partial charge in [-0.2, -0.15) is 11.8 Å². The largest absolute Gasteiger partial charge is 0.326 e. The maximum atomic E-state index is 11.8. The molecule has 0 amide bonds. The topological polar surface area (TPSA) is 43.1 Å². The van der Waals surface area contributed by atoms with Gasteiger partial charge in [-0.15, -0.1) is 11.3 Å². The summed E-state index contributed by atoms with van der Waals surface area (Å²) in [5.41, 5.74) is 5.51. The number of hydrogen-bond acceptors (Lipinski definition) is 4. The summed E-state index contributed by atoms with van der Waals surface area (Å²) in [4.78, 5) is 1.11. The Labute approximate surface area is 102 Å². The average Bonchev–Trinajstić information content (AvgIpc) is 2.72. The van der Waals surface area contributed by atoms with E-state index in [0.29, 0.717) is 6.54 Å². The second kappa shape index (κ2) is 7.44. The third-order valence-electron chi connectivity index (χ3n) is 1.99. The summed E-state index contributed by atoms with van der Waals surface area (Å²) in [5.74, 6) is 1.95. The van der Waals surface area contributed by atoms with Crippen molar-refractivity contribution in [2.75, 3.05) is 17.8 Å². The van der Waals surface area contributed by atoms with Crippen LogP contribution in [0.1, 0.15) is 17.7 Å². The Balaban J connectivity index is 2.33. The van der Waals surface area contributed by atoms with Crippen LogP contribution in [0.15, 0.2) is 16.3 Å². The lowest BCUT2D eigenvalue weighted by molar-refractivity contribution is 0.681. The first-order chi connectivity index (χ1) is 7.27. The molecule has 0 bridgehead atoms. The minimum Gasteiger partial charge on any atom is -0.326 e. The summed E-state index contributed by atoms with van der Waals surface area (Å²) in [6.07, 6.45) is 4.30. The van der Waals surface area contributed by atoms with Gasteiger partial charge >= 0.3 is 0 Å². The van der Waals surface area contributed by atoms with Gasteiger partial charge in [-0.1, -0.05) is 0 Å². The maximum Gasteiger partial charge on any atom is 0.0913 e. The molecule has 1 rings (SSSR count). The van der Waals surface area contributed by atoms with Gasteiger partial charge in [0.1, 0.15) is 0 Å². The molecule has 1 aromatic rings. The normalized spacial score (nSPS) is 12.9. The van der Waals surface area contributed by atoms with Gasteiger partial charge in [0.2, 0.25) is 0 Å². The highest BCUT2D eigenvalue weighted by Gasteiger charge is 2.06. The molecule has 0 aromatic carbocycles. The second-order valence-corrected chi connectivity index (χ2v) is 7.13. The van der Waals surface area contributed by atoms with E-state index >= 15 is 0 Å². The molecule has 0 fully saturated rings. The van der Waals surface area contributed by atoms with Crippen molar-refractivity contribution >= 4 is 33.9 Å². The molecule has 2 N–H and O–H groups in total. The van der Waals surface area contributed by atoms with Crippen molar-refractivity contribution in [1.82, 2.24) is 0 Å². The van der Waals surface area contributed by atoms with Crippen LogP contribution < -0.4 is 5.73 Å². The highest BCUT2D eigenvalue weighted by molar-refractivity contribution is 7.98. The Morgan fingerprint density at radius 2 is 2.27 bits per heavy atom. The van der Waals surface area contributed by atoms with Gasteiger partial charge in [-0.3, -0.25) is 4.21 Å². The van der Waals surface area contributed by atoms with Crippen LogP contribution in [0.4, 0.5) is 0 Å². The smallest absolute Gasteiger partial charge is 0.0913 e. The third kappa shape index (κ3) is 4.68. The Hall–Kier alpha value is 0.160. The van der Waals surface area contributed by atoms with E-state index < -0.39 is 10.8 Å². The summed E-state index contributed by atoms with van der Waals surface area (Å²) < 4.78 is 12.8. The molecule has 5 heteroatoms. The van der Waals surface area contributed by atoms with Gasteiger partial charge in [0, 0.05) is 17.2 Å². The maximum absolute atomic E-state index is 11.8. The molecule has 0 aliphatic rings. The molecule has 0 saturated carbocycles. The van der Waals surface area contributed by atoms with Crippen molar-refractivity contribution < 1.29 is 4.21 Å². The zero-order valence-corrected chi connectivity index (χ0v) is 11.4. The number of unbranched alkanes of at least 4 members (excludes halogenated alkanes) is 1. The fraction of sp³-hybridized carbons (Fsp3) is 0.600. The summed E-state index contributed by atoms with van der Waals surface area (Å²) in [6, 6.07) is 3.91. The molecule has 1 aromatic heterocycles. The first kappa shape index (κ1) is 13.2. The van der Waals surface area contributed by atoms with E-state index in [0.717, 1.165) is 33.4 Å². The summed E-state index contributed by atoms with van der Waals surface area (Å²) in [6.45, 7) is 0.550. The Bertz CT molecular complexity index is 311. The quantitative estimate of drug-likeness (QED) is 0.769. The molecule has 15 heavy (non-hydrogen) atoms. The minimum atomic E-state index is -0.814. The van der Waals surface area contributed by atoms with Gasteiger partial charge < -0.3 is 5.73 Å². The first-order valence-electron chi connectivity index (χ1n) is 4.94. The Morgan fingerprint density at radius 3 is 2.87 bits per heavy atom. The van der Waals surface area contributed by atoms with Crippen LogP contribution in [0.3, 0.4) is 0 Å². The lowest BCUT2D eigenvalue weighted by Gasteiger charge is -1.98. The number of nitrogens with two attached hydrogens (primary N) is 1. The van der Waals surface area contributed by atoms with Crippen LogP contribution in [-0.2, 0) is 17.3 Å². The van der Waals surface area contributed by atoms with Crippen LogP contribution in [0, 0.1) is 0 Å². The molecule has 1 unspecified atom stereocenters. The van der Waals surface area contributed by atoms with Crippen LogP contribution in [0.2, 0.25) is 0 Å². The predicted octanol–water partition coefficient (Wildman–Crippen LogP) is 2.46. The van der Waals surface area contributed by atoms with Gasteiger partial charge in [0.05, 0.1) is 15.0 Å². The summed E-state index contributed by atoms with van der Waals surface area (Å²) in [5, 5.41) is 0. The standard InChI is InChI=1S/C10H17NOS3/c1-13-6-2-3-7-15(12)10-5-4-9(8-11)14-10/h4-5H,2-3,6-8,11H2,1H3. The van der Waals surface area contributed by atoms with Crippen LogP contribution >= 0.6 is 23.1 Å². The summed E-state index contributed by atoms with van der Waals surface area (Å²) in [7, 11) is -0.814. The minimum absolute atomic E-state index is 0.550. The average molecular weight is 263 g/mol. The predicted molar refractivity (Wildman–Crippen MR) is 71.1 cm³/mol. The van der Waals surface area contributed by atoms with Gasteiger partial charge in [-0.25, -0.2) is 0 Å². The van der Waals surface area contributed by atoms with Gasteiger partial charge in [-0.05, 0) is 37.0 Å². The highest BCUT2D eigenvalue weighted by Crippen LogP contribution is 2.20. The first-order valence-corrected chi connectivity index (χ1v) is 8.47. The molecule has 0 radical (unpaired) electrons. The van der Waals surface area contributed by atoms with E-state index in [1.165, 1.54) is 0 Å². The summed E-state index contributed by atoms with van der Waals surface area (Å²) >= 11 is 3.42. The number of hydrogen-bond donors (Lipinski definition) is 1. The van der Waals surface area contributed by atoms with E-state index in [2.05, 4.69) is 6.26 Å². The fourth-order valence-corrected chi connectivity index (χ4v) is 4.11. The third-order valence-corrected chi connectivity index (χ3v) is 5.64. The molecule has 2 nitrogen and oxygen atoms in total. The van der Waals surface area contributed by atoms with Crippen molar-refractivity contribution in [3.05, 3.63) is 17.0 Å². The Kier molecular flexibility index (Phi) is 6.56. The van der Waals surface area contributed by atoms with Crippen molar-refractivity contribution in [2.45, 2.75) is 23.6 Å². The highest BCUT2D eigenvalue weighted by atomic mass is 32.2. The second-order valence-electron chi connectivity index (χ2n) is 3.17. The van der Waals surface area contributed by atoms with Crippen LogP contribution in [-0.4, -0.2) is 22.0 Å². The SMILES string of the molecule is CSCCCCS(=O)c1ccc(CN)s1. The number of thioether (sulfide) groups is 1. The lowest BCUT2D eigenvalue weighted by Crippen LogP contribution is -1.96. The molecule has 0 aliphatic carbocycles. The molecule has 86 valence electrons. The van der Waals surface area contributed by atoms with Crippen LogP contribution in [0.25, 0.3) is 0 Å². The molecule has 0 saturated heterocycles. The Morgan fingerprint density at radius 1 is 1.47 bits per heavy atom. The molecular weight excluding hydrogens is 246 g/mol. The van der Waals surface area contributed by atoms with E-state index in [9.17, 15) is 4.21 Å². The molecule has 0 spiro atoms. The van der Waals surface area contributed by atoms with Crippen LogP contribution in [0.5, 0.6) is 0 Å². The van der Waals surface area contributed by atoms with Crippen molar-refractivity contribution in [2.24, 2.45) is 5.73 Å². The zero-order valence-electron chi connectivity index (χ0n) is 8.90. The molecule has 1 heterocycles. The monoisotopic (exact) mass is 263 g/mol. The van der Waals surface area contributed by atoms with Crippen molar-refractivity contribution in [3.8, 4) is 0 Å². The van der Waals surface area contributed by atoms with E-state index in [1.54, 1.807) is 11.3 Å². The van der Waals surface area contributed by atoms with Gasteiger partial charge in [0.15, 0.2) is 0 Å². The molecule has 0 aliphatic heterocycles. The number of thiophene rings is 1. The lowest BCUT2D eigenvalue weighted by atomic mass is 10.4. The van der Waals surface area contributed by atoms with Crippen molar-refractivity contribution in [1.29, 1.82) is 0 Å². The molecular formula is C10H17NOS3. The van der Waals surface area contributed by atoms with E-state index in [4.69, 9.17) is 5.73 Å². The fourth-order valence-electron chi connectivity index (χ4n) is 1.17. The van der Waals surface area contributed by atoms with E-state index in [-0.39, 0.29) is 0 Å². The molecule has 1 atom stereocenters. The van der Waals surface area contributed by atoms with Crippen molar-refractivity contribution in [3.63, 3.8) is 0 Å². The zero-order chi connectivity index (χ0) is 11.1.